The van der Waals surface area contributed by atoms with Gasteiger partial charge in [-0.3, -0.25) is 0 Å². The highest BCUT2D eigenvalue weighted by Crippen LogP contribution is 2.41. The van der Waals surface area contributed by atoms with Crippen LogP contribution in [0.15, 0.2) is 48.5 Å². The van der Waals surface area contributed by atoms with E-state index in [1.807, 2.05) is 0 Å². The van der Waals surface area contributed by atoms with Gasteiger partial charge in [0.15, 0.2) is 0 Å². The number of aryl methyl sites for hydroxylation is 1. The summed E-state index contributed by atoms with van der Waals surface area (Å²) in [6, 6.07) is 18.0. The molecule has 1 N–H and O–H groups in total. The Kier molecular flexibility index (Phi) is 3.53. The van der Waals surface area contributed by atoms with Crippen molar-refractivity contribution in [3.05, 3.63) is 59.7 Å². The molecule has 0 saturated carbocycles. The van der Waals surface area contributed by atoms with Crippen LogP contribution in [0.4, 0.5) is 0 Å². The molecule has 0 radical (unpaired) electrons. The summed E-state index contributed by atoms with van der Waals surface area (Å²) in [6.45, 7) is 2.80. The Balaban J connectivity index is 1.73. The molecule has 3 aromatic carbocycles. The highest BCUT2D eigenvalue weighted by Gasteiger charge is 2.31. The van der Waals surface area contributed by atoms with Crippen molar-refractivity contribution in [2.75, 3.05) is 19.7 Å². The van der Waals surface area contributed by atoms with E-state index in [4.69, 9.17) is 4.74 Å². The molecule has 2 unspecified atom stereocenters. The lowest BCUT2D eigenvalue weighted by atomic mass is 9.76. The third-order valence-corrected chi connectivity index (χ3v) is 5.80. The van der Waals surface area contributed by atoms with E-state index in [2.05, 4.69) is 53.8 Å². The van der Waals surface area contributed by atoms with Crippen LogP contribution >= 0.6 is 0 Å². The van der Waals surface area contributed by atoms with Crippen LogP contribution in [0.25, 0.3) is 21.5 Å². The third-order valence-electron chi connectivity index (χ3n) is 5.80. The fourth-order valence-electron chi connectivity index (χ4n) is 4.69. The minimum atomic E-state index is 0.315. The van der Waals surface area contributed by atoms with Crippen molar-refractivity contribution >= 4 is 21.5 Å². The normalized spacial score (nSPS) is 24.2. The molecule has 24 heavy (non-hydrogen) atoms. The number of ether oxygens (including phenoxy) is 1. The molecule has 0 aromatic heterocycles. The smallest absolute Gasteiger partial charge is 0.0768 e. The van der Waals surface area contributed by atoms with E-state index < -0.39 is 0 Å². The largest absolute Gasteiger partial charge is 0.375 e. The average molecular weight is 317 g/mol. The Morgan fingerprint density at radius 2 is 1.83 bits per heavy atom. The Morgan fingerprint density at radius 1 is 0.917 bits per heavy atom. The lowest BCUT2D eigenvalue weighted by Gasteiger charge is -2.35. The fraction of sp³-hybridized carbons (Fsp3) is 0.364. The van der Waals surface area contributed by atoms with Gasteiger partial charge in [-0.2, -0.15) is 0 Å². The van der Waals surface area contributed by atoms with Gasteiger partial charge in [0, 0.05) is 19.0 Å². The van der Waals surface area contributed by atoms with Crippen LogP contribution in [0.5, 0.6) is 0 Å². The molecule has 0 bridgehead atoms. The van der Waals surface area contributed by atoms with Crippen molar-refractivity contribution in [3.8, 4) is 0 Å². The average Bonchev–Trinajstić information content (AvgIpc) is 2.67. The number of nitrogens with one attached hydrogen (secondary N) is 1. The van der Waals surface area contributed by atoms with Crippen LogP contribution in [-0.4, -0.2) is 25.8 Å². The summed E-state index contributed by atoms with van der Waals surface area (Å²) in [7, 11) is 0. The minimum absolute atomic E-state index is 0.315. The van der Waals surface area contributed by atoms with Gasteiger partial charge in [-0.25, -0.2) is 0 Å². The summed E-state index contributed by atoms with van der Waals surface area (Å²) >= 11 is 0. The van der Waals surface area contributed by atoms with Gasteiger partial charge in [-0.15, -0.1) is 0 Å². The lowest BCUT2D eigenvalue weighted by Crippen LogP contribution is -2.42. The second-order valence-electron chi connectivity index (χ2n) is 7.13. The molecule has 3 aromatic rings. The van der Waals surface area contributed by atoms with Crippen molar-refractivity contribution in [2.24, 2.45) is 0 Å². The quantitative estimate of drug-likeness (QED) is 0.672. The van der Waals surface area contributed by atoms with Crippen molar-refractivity contribution < 1.29 is 4.74 Å². The molecule has 1 heterocycles. The van der Waals surface area contributed by atoms with Gasteiger partial charge in [-0.1, -0.05) is 48.5 Å². The van der Waals surface area contributed by atoms with Crippen molar-refractivity contribution in [3.63, 3.8) is 0 Å². The van der Waals surface area contributed by atoms with Gasteiger partial charge >= 0.3 is 0 Å². The Hall–Kier alpha value is -1.90. The molecule has 5 rings (SSSR count). The SMILES string of the molecule is c1ccc2c(c1)ccc1c3c(ccc12)CCCC3C1CNCCO1. The molecule has 2 atom stereocenters. The van der Waals surface area contributed by atoms with E-state index in [1.165, 1.54) is 46.4 Å². The second kappa shape index (κ2) is 5.87. The van der Waals surface area contributed by atoms with Gasteiger partial charge in [0.2, 0.25) is 0 Å². The molecule has 0 spiro atoms. The third kappa shape index (κ3) is 2.25. The van der Waals surface area contributed by atoms with Crippen LogP contribution in [-0.2, 0) is 11.2 Å². The predicted molar refractivity (Wildman–Crippen MR) is 99.7 cm³/mol. The number of hydrogen-bond acceptors (Lipinski definition) is 2. The molecular weight excluding hydrogens is 294 g/mol. The number of morpholine rings is 1. The Bertz CT molecular complexity index is 895. The van der Waals surface area contributed by atoms with Crippen LogP contribution in [0.1, 0.15) is 29.9 Å². The molecule has 122 valence electrons. The van der Waals surface area contributed by atoms with E-state index in [0.717, 1.165) is 19.7 Å². The maximum Gasteiger partial charge on any atom is 0.0768 e. The van der Waals surface area contributed by atoms with Crippen molar-refractivity contribution in [2.45, 2.75) is 31.3 Å². The van der Waals surface area contributed by atoms with E-state index in [1.54, 1.807) is 5.56 Å². The molecular formula is C22H23NO. The van der Waals surface area contributed by atoms with Crippen molar-refractivity contribution in [1.82, 2.24) is 5.32 Å². The molecule has 1 saturated heterocycles. The molecule has 0 amide bonds. The van der Waals surface area contributed by atoms with Crippen LogP contribution < -0.4 is 5.32 Å². The van der Waals surface area contributed by atoms with Gasteiger partial charge in [0.25, 0.3) is 0 Å². The van der Waals surface area contributed by atoms with E-state index >= 15 is 0 Å². The number of rotatable bonds is 1. The van der Waals surface area contributed by atoms with Crippen molar-refractivity contribution in [1.29, 1.82) is 0 Å². The first-order valence-corrected chi connectivity index (χ1v) is 9.17. The van der Waals surface area contributed by atoms with E-state index in [-0.39, 0.29) is 0 Å². The van der Waals surface area contributed by atoms with Crippen LogP contribution in [0, 0.1) is 0 Å². The maximum atomic E-state index is 6.15. The summed E-state index contributed by atoms with van der Waals surface area (Å²) < 4.78 is 6.15. The summed E-state index contributed by atoms with van der Waals surface area (Å²) in [5, 5.41) is 9.03. The fourth-order valence-corrected chi connectivity index (χ4v) is 4.69. The van der Waals surface area contributed by atoms with Gasteiger partial charge in [0.05, 0.1) is 12.7 Å². The summed E-state index contributed by atoms with van der Waals surface area (Å²) in [6.07, 6.45) is 4.03. The molecule has 2 nitrogen and oxygen atoms in total. The first kappa shape index (κ1) is 14.4. The Morgan fingerprint density at radius 3 is 2.75 bits per heavy atom. The topological polar surface area (TPSA) is 21.3 Å². The minimum Gasteiger partial charge on any atom is -0.375 e. The first-order valence-electron chi connectivity index (χ1n) is 9.17. The molecule has 1 aliphatic heterocycles. The number of benzene rings is 3. The lowest BCUT2D eigenvalue weighted by molar-refractivity contribution is 0.00791. The van der Waals surface area contributed by atoms with E-state index in [9.17, 15) is 0 Å². The molecule has 1 aliphatic carbocycles. The monoisotopic (exact) mass is 317 g/mol. The summed E-state index contributed by atoms with van der Waals surface area (Å²) in [4.78, 5) is 0. The molecule has 2 heteroatoms. The number of hydrogen-bond donors (Lipinski definition) is 1. The summed E-state index contributed by atoms with van der Waals surface area (Å²) in [5.41, 5.74) is 3.08. The predicted octanol–water partition coefficient (Wildman–Crippen LogP) is 4.40. The zero-order chi connectivity index (χ0) is 15.9. The first-order chi connectivity index (χ1) is 11.9. The maximum absolute atomic E-state index is 6.15. The zero-order valence-electron chi connectivity index (χ0n) is 13.9. The highest BCUT2D eigenvalue weighted by atomic mass is 16.5. The number of fused-ring (bicyclic) bond motifs is 5. The summed E-state index contributed by atoms with van der Waals surface area (Å²) in [5.74, 6) is 0.520. The Labute approximate surface area is 142 Å². The standard InChI is InChI=1S/C22H23NO/c1-2-6-17-15(4-1)8-11-19-18(17)10-9-16-5-3-7-20(22(16)19)21-14-23-12-13-24-21/h1-2,4,6,8-11,20-21,23H,3,5,7,12-14H2. The second-order valence-corrected chi connectivity index (χ2v) is 7.13. The zero-order valence-corrected chi connectivity index (χ0v) is 13.9. The highest BCUT2D eigenvalue weighted by molar-refractivity contribution is 6.08. The van der Waals surface area contributed by atoms with E-state index in [0.29, 0.717) is 12.0 Å². The molecule has 2 aliphatic rings. The van der Waals surface area contributed by atoms with Gasteiger partial charge in [-0.05, 0) is 51.9 Å². The van der Waals surface area contributed by atoms with Gasteiger partial charge < -0.3 is 10.1 Å². The van der Waals surface area contributed by atoms with Gasteiger partial charge in [0.1, 0.15) is 0 Å². The van der Waals surface area contributed by atoms with Crippen LogP contribution in [0.2, 0.25) is 0 Å². The molecule has 1 fully saturated rings. The van der Waals surface area contributed by atoms with Crippen LogP contribution in [0.3, 0.4) is 0 Å².